The van der Waals surface area contributed by atoms with E-state index in [9.17, 15) is 9.59 Å². The normalized spacial score (nSPS) is 12.6. The first-order valence-corrected chi connectivity index (χ1v) is 10.3. The van der Waals surface area contributed by atoms with Crippen LogP contribution < -0.4 is 20.3 Å². The van der Waals surface area contributed by atoms with E-state index in [2.05, 4.69) is 10.6 Å². The largest absolute Gasteiger partial charge is 0.495 e. The molecule has 0 saturated carbocycles. The molecule has 0 aliphatic carbocycles. The standard InChI is InChI=1S/C24H22ClN3O3/c1-31-22-12-9-18(25)15-20(22)27-24(30)26-19-10-11-21-17(14-19)8-5-13-28(21)23(29)16-6-3-2-4-7-16/h2-4,6-7,9-12,14-15H,5,8,13H2,1H3,(H2,26,27,30). The van der Waals surface area contributed by atoms with Crippen molar-refractivity contribution in [1.82, 2.24) is 0 Å². The first kappa shape index (κ1) is 20.8. The van der Waals surface area contributed by atoms with E-state index in [0.29, 0.717) is 34.3 Å². The number of benzene rings is 3. The Morgan fingerprint density at radius 2 is 1.81 bits per heavy atom. The zero-order valence-electron chi connectivity index (χ0n) is 17.0. The van der Waals surface area contributed by atoms with Crippen LogP contribution in [0, 0.1) is 0 Å². The fourth-order valence-corrected chi connectivity index (χ4v) is 3.86. The van der Waals surface area contributed by atoms with E-state index in [0.717, 1.165) is 24.1 Å². The summed E-state index contributed by atoms with van der Waals surface area (Å²) in [6.07, 6.45) is 1.70. The van der Waals surface area contributed by atoms with Gasteiger partial charge in [-0.25, -0.2) is 4.79 Å². The number of halogens is 1. The summed E-state index contributed by atoms with van der Waals surface area (Å²) in [5.74, 6) is 0.494. The van der Waals surface area contributed by atoms with Gasteiger partial charge in [-0.2, -0.15) is 0 Å². The molecule has 4 rings (SSSR count). The number of urea groups is 1. The van der Waals surface area contributed by atoms with Gasteiger partial charge in [-0.15, -0.1) is 0 Å². The zero-order chi connectivity index (χ0) is 21.8. The Bertz CT molecular complexity index is 1120. The number of carbonyl (C=O) groups is 2. The van der Waals surface area contributed by atoms with E-state index in [-0.39, 0.29) is 5.91 Å². The summed E-state index contributed by atoms with van der Waals surface area (Å²) in [5.41, 5.74) is 3.68. The van der Waals surface area contributed by atoms with Crippen molar-refractivity contribution in [2.24, 2.45) is 0 Å². The Balaban J connectivity index is 1.50. The van der Waals surface area contributed by atoms with Gasteiger partial charge >= 0.3 is 6.03 Å². The highest BCUT2D eigenvalue weighted by molar-refractivity contribution is 6.31. The van der Waals surface area contributed by atoms with Gasteiger partial charge in [-0.3, -0.25) is 4.79 Å². The molecule has 1 aliphatic rings. The maximum Gasteiger partial charge on any atom is 0.323 e. The van der Waals surface area contributed by atoms with Crippen molar-refractivity contribution in [3.63, 3.8) is 0 Å². The van der Waals surface area contributed by atoms with Gasteiger partial charge in [-0.05, 0) is 66.9 Å². The third-order valence-corrected chi connectivity index (χ3v) is 5.37. The van der Waals surface area contributed by atoms with Crippen molar-refractivity contribution in [3.8, 4) is 5.75 Å². The second-order valence-corrected chi connectivity index (χ2v) is 7.63. The number of hydrogen-bond acceptors (Lipinski definition) is 3. The van der Waals surface area contributed by atoms with Crippen LogP contribution in [0.15, 0.2) is 66.7 Å². The molecule has 0 aromatic heterocycles. The van der Waals surface area contributed by atoms with Crippen molar-refractivity contribution in [2.45, 2.75) is 12.8 Å². The Morgan fingerprint density at radius 1 is 1.00 bits per heavy atom. The summed E-state index contributed by atoms with van der Waals surface area (Å²) in [6.45, 7) is 0.669. The van der Waals surface area contributed by atoms with E-state index >= 15 is 0 Å². The third kappa shape index (κ3) is 4.64. The molecule has 0 unspecified atom stereocenters. The first-order valence-electron chi connectivity index (χ1n) is 9.96. The topological polar surface area (TPSA) is 70.7 Å². The molecular weight excluding hydrogens is 414 g/mol. The monoisotopic (exact) mass is 435 g/mol. The van der Waals surface area contributed by atoms with Crippen LogP contribution in [0.5, 0.6) is 5.75 Å². The molecule has 2 N–H and O–H groups in total. The highest BCUT2D eigenvalue weighted by atomic mass is 35.5. The average molecular weight is 436 g/mol. The number of nitrogens with zero attached hydrogens (tertiary/aromatic N) is 1. The molecule has 0 radical (unpaired) electrons. The Morgan fingerprint density at radius 3 is 2.58 bits per heavy atom. The minimum absolute atomic E-state index is 0.0203. The molecule has 3 amide bonds. The number of carbonyl (C=O) groups excluding carboxylic acids is 2. The molecule has 0 bridgehead atoms. The van der Waals surface area contributed by atoms with E-state index in [1.807, 2.05) is 42.5 Å². The van der Waals surface area contributed by atoms with Crippen molar-refractivity contribution in [2.75, 3.05) is 29.2 Å². The van der Waals surface area contributed by atoms with Crippen LogP contribution in [0.2, 0.25) is 5.02 Å². The van der Waals surface area contributed by atoms with E-state index in [1.54, 1.807) is 29.2 Å². The Kier molecular flexibility index (Phi) is 6.09. The number of anilines is 3. The van der Waals surface area contributed by atoms with Crippen LogP contribution in [0.1, 0.15) is 22.3 Å². The van der Waals surface area contributed by atoms with Gasteiger partial charge in [0.25, 0.3) is 5.91 Å². The highest BCUT2D eigenvalue weighted by Crippen LogP contribution is 2.31. The predicted molar refractivity (Wildman–Crippen MR) is 124 cm³/mol. The lowest BCUT2D eigenvalue weighted by Gasteiger charge is -2.30. The summed E-state index contributed by atoms with van der Waals surface area (Å²) < 4.78 is 5.26. The van der Waals surface area contributed by atoms with Crippen molar-refractivity contribution in [1.29, 1.82) is 0 Å². The molecule has 7 heteroatoms. The maximum atomic E-state index is 12.9. The second kappa shape index (κ2) is 9.10. The highest BCUT2D eigenvalue weighted by Gasteiger charge is 2.24. The van der Waals surface area contributed by atoms with Crippen LogP contribution in [0.3, 0.4) is 0 Å². The number of methoxy groups -OCH3 is 1. The maximum absolute atomic E-state index is 12.9. The minimum atomic E-state index is -0.409. The Labute approximate surface area is 185 Å². The molecule has 0 spiro atoms. The van der Waals surface area contributed by atoms with Gasteiger partial charge in [0.15, 0.2) is 0 Å². The zero-order valence-corrected chi connectivity index (χ0v) is 17.8. The quantitative estimate of drug-likeness (QED) is 0.561. The van der Waals surface area contributed by atoms with Gasteiger partial charge in [-0.1, -0.05) is 29.8 Å². The number of aryl methyl sites for hydroxylation is 1. The van der Waals surface area contributed by atoms with E-state index in [4.69, 9.17) is 16.3 Å². The second-order valence-electron chi connectivity index (χ2n) is 7.19. The van der Waals surface area contributed by atoms with Crippen LogP contribution in [-0.4, -0.2) is 25.6 Å². The Hall–Kier alpha value is -3.51. The average Bonchev–Trinajstić information content (AvgIpc) is 2.78. The number of hydrogen-bond donors (Lipinski definition) is 2. The fourth-order valence-electron chi connectivity index (χ4n) is 3.68. The lowest BCUT2D eigenvalue weighted by molar-refractivity contribution is 0.0985. The summed E-state index contributed by atoms with van der Waals surface area (Å²) in [5, 5.41) is 6.08. The van der Waals surface area contributed by atoms with Gasteiger partial charge < -0.3 is 20.3 Å². The lowest BCUT2D eigenvalue weighted by atomic mass is 10.00. The van der Waals surface area contributed by atoms with Gasteiger partial charge in [0.1, 0.15) is 5.75 Å². The van der Waals surface area contributed by atoms with Gasteiger partial charge in [0.05, 0.1) is 12.8 Å². The van der Waals surface area contributed by atoms with Crippen LogP contribution >= 0.6 is 11.6 Å². The molecule has 3 aromatic carbocycles. The molecule has 0 saturated heterocycles. The van der Waals surface area contributed by atoms with Crippen molar-refractivity contribution < 1.29 is 14.3 Å². The summed E-state index contributed by atoms with van der Waals surface area (Å²) >= 11 is 6.02. The smallest absolute Gasteiger partial charge is 0.323 e. The molecule has 3 aromatic rings. The molecule has 1 heterocycles. The number of nitrogens with one attached hydrogen (secondary N) is 2. The molecular formula is C24H22ClN3O3. The van der Waals surface area contributed by atoms with Gasteiger partial charge in [0, 0.05) is 28.5 Å². The lowest BCUT2D eigenvalue weighted by Crippen LogP contribution is -2.35. The van der Waals surface area contributed by atoms with Gasteiger partial charge in [0.2, 0.25) is 0 Å². The number of fused-ring (bicyclic) bond motifs is 1. The molecule has 0 atom stereocenters. The van der Waals surface area contributed by atoms with Crippen LogP contribution in [0.25, 0.3) is 0 Å². The number of ether oxygens (including phenoxy) is 1. The van der Waals surface area contributed by atoms with Crippen molar-refractivity contribution in [3.05, 3.63) is 82.9 Å². The third-order valence-electron chi connectivity index (χ3n) is 5.13. The summed E-state index contributed by atoms with van der Waals surface area (Å²) in [7, 11) is 1.53. The van der Waals surface area contributed by atoms with E-state index in [1.165, 1.54) is 7.11 Å². The first-order chi connectivity index (χ1) is 15.0. The predicted octanol–water partition coefficient (Wildman–Crippen LogP) is 5.59. The van der Waals surface area contributed by atoms with E-state index < -0.39 is 6.03 Å². The number of rotatable bonds is 4. The van der Waals surface area contributed by atoms with Crippen molar-refractivity contribution >= 4 is 40.6 Å². The molecule has 0 fully saturated rings. The molecule has 1 aliphatic heterocycles. The minimum Gasteiger partial charge on any atom is -0.495 e. The molecule has 31 heavy (non-hydrogen) atoms. The summed E-state index contributed by atoms with van der Waals surface area (Å²) in [6, 6.07) is 19.4. The van der Waals surface area contributed by atoms with Crippen LogP contribution in [-0.2, 0) is 6.42 Å². The molecule has 158 valence electrons. The van der Waals surface area contributed by atoms with Crippen LogP contribution in [0.4, 0.5) is 21.9 Å². The summed E-state index contributed by atoms with van der Waals surface area (Å²) in [4.78, 5) is 27.2. The fraction of sp³-hybridized carbons (Fsp3) is 0.167. The number of amides is 3. The molecule has 6 nitrogen and oxygen atoms in total. The SMILES string of the molecule is COc1ccc(Cl)cc1NC(=O)Nc1ccc2c(c1)CCCN2C(=O)c1ccccc1.